The number of piperidine rings is 1. The standard InChI is InChI=1S/C22H31N7O2/c1-16-5-3-7-19(13-16)24-22(31)29-8-4-6-18(14-29)21(30)28-11-9-27(10-12-28)15-20-23-17(2)25-26-20/h3,5,7,13,18H,4,6,8-12,14-15H2,1-2H3,(H,24,31)(H,23,25,26). The van der Waals surface area contributed by atoms with Gasteiger partial charge in [-0.25, -0.2) is 9.78 Å². The average Bonchev–Trinajstić information content (AvgIpc) is 3.18. The van der Waals surface area contributed by atoms with Gasteiger partial charge in [0.2, 0.25) is 5.91 Å². The van der Waals surface area contributed by atoms with Crippen molar-refractivity contribution in [2.75, 3.05) is 44.6 Å². The SMILES string of the molecule is Cc1cccc(NC(=O)N2CCCC(C(=O)N3CCN(Cc4n[nH]c(C)n4)CC3)C2)c1. The first-order valence-electron chi connectivity index (χ1n) is 11.0. The molecule has 1 atom stereocenters. The first kappa shape index (κ1) is 21.3. The van der Waals surface area contributed by atoms with Crippen LogP contribution in [0.5, 0.6) is 0 Å². The van der Waals surface area contributed by atoms with Crippen molar-refractivity contribution < 1.29 is 9.59 Å². The average molecular weight is 426 g/mol. The number of amides is 3. The molecule has 2 fully saturated rings. The number of nitrogens with one attached hydrogen (secondary N) is 2. The molecular weight excluding hydrogens is 394 g/mol. The minimum absolute atomic E-state index is 0.126. The number of anilines is 1. The molecule has 0 spiro atoms. The molecule has 2 aromatic rings. The van der Waals surface area contributed by atoms with E-state index in [0.717, 1.165) is 48.8 Å². The molecule has 9 nitrogen and oxygen atoms in total. The highest BCUT2D eigenvalue weighted by atomic mass is 16.2. The Labute approximate surface area is 182 Å². The Bertz CT molecular complexity index is 920. The van der Waals surface area contributed by atoms with Crippen molar-refractivity contribution in [3.8, 4) is 0 Å². The van der Waals surface area contributed by atoms with E-state index >= 15 is 0 Å². The number of hydrogen-bond donors (Lipinski definition) is 2. The van der Waals surface area contributed by atoms with Crippen LogP contribution in [0.4, 0.5) is 10.5 Å². The van der Waals surface area contributed by atoms with Gasteiger partial charge in [-0.1, -0.05) is 12.1 Å². The fourth-order valence-corrected chi connectivity index (χ4v) is 4.33. The van der Waals surface area contributed by atoms with Crippen LogP contribution in [-0.4, -0.2) is 81.1 Å². The normalized spacial score (nSPS) is 20.0. The molecule has 1 aromatic carbocycles. The van der Waals surface area contributed by atoms with E-state index in [1.807, 2.05) is 43.0 Å². The molecule has 1 unspecified atom stereocenters. The molecule has 3 amide bonds. The van der Waals surface area contributed by atoms with Gasteiger partial charge in [0.15, 0.2) is 5.82 Å². The second-order valence-electron chi connectivity index (χ2n) is 8.52. The third-order valence-electron chi connectivity index (χ3n) is 6.02. The van der Waals surface area contributed by atoms with Crippen LogP contribution in [0.2, 0.25) is 0 Å². The lowest BCUT2D eigenvalue weighted by Gasteiger charge is -2.38. The summed E-state index contributed by atoms with van der Waals surface area (Å²) in [5.74, 6) is 1.65. The summed E-state index contributed by atoms with van der Waals surface area (Å²) in [6.45, 7) is 8.77. The molecule has 0 saturated carbocycles. The van der Waals surface area contributed by atoms with E-state index in [9.17, 15) is 9.59 Å². The first-order valence-corrected chi connectivity index (χ1v) is 11.0. The molecule has 31 heavy (non-hydrogen) atoms. The number of H-pyrrole nitrogens is 1. The number of nitrogens with zero attached hydrogens (tertiary/aromatic N) is 5. The Morgan fingerprint density at radius 1 is 1.13 bits per heavy atom. The number of carbonyl (C=O) groups is 2. The highest BCUT2D eigenvalue weighted by Gasteiger charge is 2.32. The van der Waals surface area contributed by atoms with Crippen LogP contribution in [0.3, 0.4) is 0 Å². The Balaban J connectivity index is 1.27. The number of likely N-dealkylation sites (tertiary alicyclic amines) is 1. The van der Waals surface area contributed by atoms with Crippen molar-refractivity contribution in [1.29, 1.82) is 0 Å². The minimum Gasteiger partial charge on any atom is -0.340 e. The zero-order chi connectivity index (χ0) is 21.8. The van der Waals surface area contributed by atoms with Gasteiger partial charge in [0.25, 0.3) is 0 Å². The molecule has 166 valence electrons. The molecule has 3 heterocycles. The van der Waals surface area contributed by atoms with Gasteiger partial charge < -0.3 is 15.1 Å². The van der Waals surface area contributed by atoms with Crippen LogP contribution in [0, 0.1) is 19.8 Å². The van der Waals surface area contributed by atoms with Crippen LogP contribution in [0.1, 0.15) is 30.1 Å². The Morgan fingerprint density at radius 2 is 1.94 bits per heavy atom. The maximum absolute atomic E-state index is 13.1. The topological polar surface area (TPSA) is 97.5 Å². The number of aryl methyl sites for hydroxylation is 2. The summed E-state index contributed by atoms with van der Waals surface area (Å²) in [7, 11) is 0. The molecule has 2 saturated heterocycles. The number of aromatic amines is 1. The third-order valence-corrected chi connectivity index (χ3v) is 6.02. The zero-order valence-corrected chi connectivity index (χ0v) is 18.3. The molecule has 2 aliphatic heterocycles. The molecule has 1 aromatic heterocycles. The van der Waals surface area contributed by atoms with Gasteiger partial charge in [0, 0.05) is 45.0 Å². The van der Waals surface area contributed by atoms with Crippen molar-refractivity contribution in [2.24, 2.45) is 5.92 Å². The molecule has 4 rings (SSSR count). The minimum atomic E-state index is -0.130. The number of piperazine rings is 1. The van der Waals surface area contributed by atoms with E-state index in [1.165, 1.54) is 0 Å². The third kappa shape index (κ3) is 5.41. The lowest BCUT2D eigenvalue weighted by atomic mass is 9.96. The monoisotopic (exact) mass is 425 g/mol. The van der Waals surface area contributed by atoms with Gasteiger partial charge in [0.1, 0.15) is 5.82 Å². The summed E-state index contributed by atoms with van der Waals surface area (Å²) in [6.07, 6.45) is 1.69. The van der Waals surface area contributed by atoms with Crippen molar-refractivity contribution >= 4 is 17.6 Å². The van der Waals surface area contributed by atoms with E-state index in [4.69, 9.17) is 0 Å². The van der Waals surface area contributed by atoms with E-state index in [-0.39, 0.29) is 17.9 Å². The molecule has 0 radical (unpaired) electrons. The number of hydrogen-bond acceptors (Lipinski definition) is 5. The summed E-state index contributed by atoms with van der Waals surface area (Å²) >= 11 is 0. The maximum Gasteiger partial charge on any atom is 0.321 e. The number of carbonyl (C=O) groups excluding carboxylic acids is 2. The summed E-state index contributed by atoms with van der Waals surface area (Å²) in [6, 6.07) is 7.63. The van der Waals surface area contributed by atoms with Gasteiger partial charge in [-0.05, 0) is 44.4 Å². The predicted octanol–water partition coefficient (Wildman–Crippen LogP) is 2.01. The Hall–Kier alpha value is -2.94. The molecule has 2 N–H and O–H groups in total. The van der Waals surface area contributed by atoms with Crippen LogP contribution in [-0.2, 0) is 11.3 Å². The highest BCUT2D eigenvalue weighted by molar-refractivity contribution is 5.90. The molecule has 9 heteroatoms. The second kappa shape index (κ2) is 9.47. The van der Waals surface area contributed by atoms with Gasteiger partial charge >= 0.3 is 6.03 Å². The van der Waals surface area contributed by atoms with Crippen LogP contribution < -0.4 is 5.32 Å². The van der Waals surface area contributed by atoms with Crippen LogP contribution in [0.25, 0.3) is 0 Å². The van der Waals surface area contributed by atoms with E-state index in [0.29, 0.717) is 32.7 Å². The molecule has 0 bridgehead atoms. The van der Waals surface area contributed by atoms with E-state index in [2.05, 4.69) is 25.4 Å². The smallest absolute Gasteiger partial charge is 0.321 e. The van der Waals surface area contributed by atoms with Crippen molar-refractivity contribution in [3.05, 3.63) is 41.5 Å². The first-order chi connectivity index (χ1) is 15.0. The molecule has 2 aliphatic rings. The summed E-state index contributed by atoms with van der Waals surface area (Å²) in [5.41, 5.74) is 1.89. The largest absolute Gasteiger partial charge is 0.340 e. The Morgan fingerprint density at radius 3 is 2.65 bits per heavy atom. The Kier molecular flexibility index (Phi) is 6.50. The maximum atomic E-state index is 13.1. The second-order valence-corrected chi connectivity index (χ2v) is 8.52. The molecule has 0 aliphatic carbocycles. The van der Waals surface area contributed by atoms with Gasteiger partial charge in [-0.15, -0.1) is 0 Å². The summed E-state index contributed by atoms with van der Waals surface area (Å²) < 4.78 is 0. The zero-order valence-electron chi connectivity index (χ0n) is 18.3. The van der Waals surface area contributed by atoms with Crippen molar-refractivity contribution in [3.63, 3.8) is 0 Å². The fourth-order valence-electron chi connectivity index (χ4n) is 4.33. The predicted molar refractivity (Wildman–Crippen MR) is 117 cm³/mol. The number of rotatable bonds is 4. The number of benzene rings is 1. The number of aromatic nitrogens is 3. The van der Waals surface area contributed by atoms with Gasteiger partial charge in [-0.3, -0.25) is 14.8 Å². The van der Waals surface area contributed by atoms with Gasteiger partial charge in [-0.2, -0.15) is 5.10 Å². The van der Waals surface area contributed by atoms with Gasteiger partial charge in [0.05, 0.1) is 12.5 Å². The van der Waals surface area contributed by atoms with Crippen LogP contribution >= 0.6 is 0 Å². The van der Waals surface area contributed by atoms with Crippen molar-refractivity contribution in [1.82, 2.24) is 29.9 Å². The lowest BCUT2D eigenvalue weighted by molar-refractivity contribution is -0.138. The fraction of sp³-hybridized carbons (Fsp3) is 0.545. The quantitative estimate of drug-likeness (QED) is 0.781. The lowest BCUT2D eigenvalue weighted by Crippen LogP contribution is -2.53. The van der Waals surface area contributed by atoms with Crippen LogP contribution in [0.15, 0.2) is 24.3 Å². The highest BCUT2D eigenvalue weighted by Crippen LogP contribution is 2.21. The van der Waals surface area contributed by atoms with E-state index in [1.54, 1.807) is 4.90 Å². The van der Waals surface area contributed by atoms with E-state index < -0.39 is 0 Å². The number of urea groups is 1. The summed E-state index contributed by atoms with van der Waals surface area (Å²) in [5, 5.41) is 10.0. The summed E-state index contributed by atoms with van der Waals surface area (Å²) in [4.78, 5) is 36.2. The van der Waals surface area contributed by atoms with Crippen molar-refractivity contribution in [2.45, 2.75) is 33.2 Å². The molecular formula is C22H31N7O2.